The lowest BCUT2D eigenvalue weighted by atomic mass is 9.98. The minimum atomic E-state index is -0.861. The number of hydrogen-bond acceptors (Lipinski definition) is 2. The van der Waals surface area contributed by atoms with Gasteiger partial charge >= 0.3 is 12.0 Å². The van der Waals surface area contributed by atoms with Crippen molar-refractivity contribution < 1.29 is 14.7 Å². The van der Waals surface area contributed by atoms with E-state index in [0.717, 1.165) is 29.7 Å². The van der Waals surface area contributed by atoms with Crippen molar-refractivity contribution in [1.82, 2.24) is 5.32 Å². The normalized spacial score (nSPS) is 11.1. The Kier molecular flexibility index (Phi) is 6.40. The topological polar surface area (TPSA) is 78.4 Å². The highest BCUT2D eigenvalue weighted by atomic mass is 16.4. The number of aliphatic carboxylic acids is 1. The first-order valence-electron chi connectivity index (χ1n) is 7.70. The van der Waals surface area contributed by atoms with E-state index in [4.69, 9.17) is 5.11 Å². The lowest BCUT2D eigenvalue weighted by Gasteiger charge is -2.26. The lowest BCUT2D eigenvalue weighted by Crippen LogP contribution is -2.46. The van der Waals surface area contributed by atoms with E-state index in [-0.39, 0.29) is 12.5 Å². The van der Waals surface area contributed by atoms with Crippen LogP contribution in [0.5, 0.6) is 0 Å². The van der Waals surface area contributed by atoms with Gasteiger partial charge in [0.15, 0.2) is 0 Å². The van der Waals surface area contributed by atoms with Gasteiger partial charge in [-0.3, -0.25) is 4.79 Å². The first-order chi connectivity index (χ1) is 10.3. The number of amides is 2. The number of anilines is 1. The second-order valence-electron chi connectivity index (χ2n) is 6.02. The molecule has 5 heteroatoms. The predicted octanol–water partition coefficient (Wildman–Crippen LogP) is 3.58. The van der Waals surface area contributed by atoms with Crippen LogP contribution in [0.1, 0.15) is 51.7 Å². The van der Waals surface area contributed by atoms with E-state index in [1.54, 1.807) is 0 Å². The second-order valence-corrected chi connectivity index (χ2v) is 6.02. The molecule has 5 nitrogen and oxygen atoms in total. The summed E-state index contributed by atoms with van der Waals surface area (Å²) in [7, 11) is 0. The molecule has 0 heterocycles. The summed E-state index contributed by atoms with van der Waals surface area (Å²) in [5.74, 6) is -0.861. The van der Waals surface area contributed by atoms with E-state index in [0.29, 0.717) is 6.42 Å². The van der Waals surface area contributed by atoms with Crippen molar-refractivity contribution in [2.45, 2.75) is 58.9 Å². The molecule has 22 heavy (non-hydrogen) atoms. The summed E-state index contributed by atoms with van der Waals surface area (Å²) in [4.78, 5) is 22.9. The van der Waals surface area contributed by atoms with Gasteiger partial charge in [0.05, 0.1) is 0 Å². The fraction of sp³-hybridized carbons (Fsp3) is 0.529. The van der Waals surface area contributed by atoms with Gasteiger partial charge in [-0.1, -0.05) is 32.0 Å². The van der Waals surface area contributed by atoms with Crippen LogP contribution in [0.3, 0.4) is 0 Å². The molecule has 1 aromatic rings. The molecule has 1 rings (SSSR count). The molecule has 0 spiro atoms. The number of carboxylic acids is 1. The zero-order valence-corrected chi connectivity index (χ0v) is 13.8. The molecule has 0 saturated heterocycles. The number of carboxylic acid groups (broad SMARTS) is 1. The SMILES string of the molecule is CCc1cccc(CC)c1NC(=O)NC(C)(C)CCC(=O)O. The Morgan fingerprint density at radius 3 is 2.14 bits per heavy atom. The molecule has 0 aliphatic carbocycles. The molecule has 0 bridgehead atoms. The quantitative estimate of drug-likeness (QED) is 0.720. The van der Waals surface area contributed by atoms with Crippen LogP contribution in [-0.4, -0.2) is 22.6 Å². The van der Waals surface area contributed by atoms with Crippen LogP contribution < -0.4 is 10.6 Å². The van der Waals surface area contributed by atoms with Crippen molar-refractivity contribution >= 4 is 17.7 Å². The van der Waals surface area contributed by atoms with Gasteiger partial charge in [0.25, 0.3) is 0 Å². The summed E-state index contributed by atoms with van der Waals surface area (Å²) in [5, 5.41) is 14.5. The monoisotopic (exact) mass is 306 g/mol. The van der Waals surface area contributed by atoms with Gasteiger partial charge in [-0.25, -0.2) is 4.79 Å². The van der Waals surface area contributed by atoms with E-state index in [9.17, 15) is 9.59 Å². The third-order valence-corrected chi connectivity index (χ3v) is 3.65. The largest absolute Gasteiger partial charge is 0.481 e. The highest BCUT2D eigenvalue weighted by Gasteiger charge is 2.22. The predicted molar refractivity (Wildman–Crippen MR) is 88.3 cm³/mol. The highest BCUT2D eigenvalue weighted by molar-refractivity contribution is 5.91. The number of benzene rings is 1. The maximum Gasteiger partial charge on any atom is 0.319 e. The average Bonchev–Trinajstić information content (AvgIpc) is 2.44. The van der Waals surface area contributed by atoms with Crippen LogP contribution in [0.25, 0.3) is 0 Å². The molecule has 122 valence electrons. The standard InChI is InChI=1S/C17H26N2O3/c1-5-12-8-7-9-13(6-2)15(12)18-16(22)19-17(3,4)11-10-14(20)21/h7-9H,5-6,10-11H2,1-4H3,(H,20,21)(H2,18,19,22). The van der Waals surface area contributed by atoms with E-state index in [1.807, 2.05) is 32.0 Å². The molecule has 0 fully saturated rings. The van der Waals surface area contributed by atoms with Crippen molar-refractivity contribution in [3.05, 3.63) is 29.3 Å². The van der Waals surface area contributed by atoms with E-state index >= 15 is 0 Å². The van der Waals surface area contributed by atoms with Crippen molar-refractivity contribution in [1.29, 1.82) is 0 Å². The second kappa shape index (κ2) is 7.82. The molecule has 0 aliphatic heterocycles. The van der Waals surface area contributed by atoms with Crippen LogP contribution in [0, 0.1) is 0 Å². The van der Waals surface area contributed by atoms with Crippen LogP contribution in [0.2, 0.25) is 0 Å². The van der Waals surface area contributed by atoms with Gasteiger partial charge in [0.2, 0.25) is 0 Å². The van der Waals surface area contributed by atoms with Gasteiger partial charge in [-0.05, 0) is 44.2 Å². The third-order valence-electron chi connectivity index (χ3n) is 3.65. The van der Waals surface area contributed by atoms with Crippen LogP contribution in [0.15, 0.2) is 18.2 Å². The molecule has 0 aliphatic rings. The van der Waals surface area contributed by atoms with Crippen LogP contribution in [-0.2, 0) is 17.6 Å². The molecule has 3 N–H and O–H groups in total. The van der Waals surface area contributed by atoms with E-state index < -0.39 is 11.5 Å². The van der Waals surface area contributed by atoms with Crippen LogP contribution in [0.4, 0.5) is 10.5 Å². The molecule has 0 unspecified atom stereocenters. The van der Waals surface area contributed by atoms with Crippen molar-refractivity contribution in [2.24, 2.45) is 0 Å². The summed E-state index contributed by atoms with van der Waals surface area (Å²) >= 11 is 0. The number of carbonyl (C=O) groups is 2. The van der Waals surface area contributed by atoms with Gasteiger partial charge in [0, 0.05) is 17.6 Å². The first kappa shape index (κ1) is 18.0. The minimum absolute atomic E-state index is 0.0268. The van der Waals surface area contributed by atoms with Gasteiger partial charge < -0.3 is 15.7 Å². The number of carbonyl (C=O) groups excluding carboxylic acids is 1. The fourth-order valence-corrected chi connectivity index (χ4v) is 2.34. The number of aryl methyl sites for hydroxylation is 2. The molecule has 2 amide bonds. The Morgan fingerprint density at radius 2 is 1.68 bits per heavy atom. The summed E-state index contributed by atoms with van der Waals surface area (Å²) in [6.45, 7) is 7.74. The maximum absolute atomic E-state index is 12.2. The average molecular weight is 306 g/mol. The first-order valence-corrected chi connectivity index (χ1v) is 7.70. The van der Waals surface area contributed by atoms with Crippen molar-refractivity contribution in [3.8, 4) is 0 Å². The zero-order chi connectivity index (χ0) is 16.8. The van der Waals surface area contributed by atoms with Crippen LogP contribution >= 0.6 is 0 Å². The van der Waals surface area contributed by atoms with Crippen molar-refractivity contribution in [2.75, 3.05) is 5.32 Å². The molecule has 1 aromatic carbocycles. The molecular weight excluding hydrogens is 280 g/mol. The Labute approximate surface area is 132 Å². The minimum Gasteiger partial charge on any atom is -0.481 e. The lowest BCUT2D eigenvalue weighted by molar-refractivity contribution is -0.137. The number of urea groups is 1. The Bertz CT molecular complexity index is 516. The number of nitrogens with one attached hydrogen (secondary N) is 2. The van der Waals surface area contributed by atoms with Gasteiger partial charge in [-0.15, -0.1) is 0 Å². The Hall–Kier alpha value is -2.04. The number of rotatable bonds is 7. The number of para-hydroxylation sites is 1. The molecular formula is C17H26N2O3. The highest BCUT2D eigenvalue weighted by Crippen LogP contribution is 2.23. The Balaban J connectivity index is 2.78. The zero-order valence-electron chi connectivity index (χ0n) is 13.8. The fourth-order valence-electron chi connectivity index (χ4n) is 2.34. The Morgan fingerprint density at radius 1 is 1.14 bits per heavy atom. The third kappa shape index (κ3) is 5.39. The molecule has 0 atom stereocenters. The molecule has 0 aromatic heterocycles. The smallest absolute Gasteiger partial charge is 0.319 e. The maximum atomic E-state index is 12.2. The van der Waals surface area contributed by atoms with Gasteiger partial charge in [-0.2, -0.15) is 0 Å². The molecule has 0 radical (unpaired) electrons. The summed E-state index contributed by atoms with van der Waals surface area (Å²) in [5.41, 5.74) is 2.48. The van der Waals surface area contributed by atoms with Crippen molar-refractivity contribution in [3.63, 3.8) is 0 Å². The number of hydrogen-bond donors (Lipinski definition) is 3. The molecule has 0 saturated carbocycles. The summed E-state index contributed by atoms with van der Waals surface area (Å²) < 4.78 is 0. The van der Waals surface area contributed by atoms with E-state index in [2.05, 4.69) is 24.5 Å². The summed E-state index contributed by atoms with van der Waals surface area (Å²) in [6, 6.07) is 5.71. The summed E-state index contributed by atoms with van der Waals surface area (Å²) in [6.07, 6.45) is 2.09. The van der Waals surface area contributed by atoms with Gasteiger partial charge in [0.1, 0.15) is 0 Å². The van der Waals surface area contributed by atoms with E-state index in [1.165, 1.54) is 0 Å².